The number of hydrogen-bond donors (Lipinski definition) is 2. The van der Waals surface area contributed by atoms with Crippen molar-refractivity contribution in [1.82, 2.24) is 24.5 Å². The lowest BCUT2D eigenvalue weighted by Gasteiger charge is -2.40. The van der Waals surface area contributed by atoms with E-state index in [2.05, 4.69) is 31.5 Å². The van der Waals surface area contributed by atoms with E-state index < -0.39 is 0 Å². The number of nitrogens with two attached hydrogens (primary N) is 1. The molecule has 7 nitrogen and oxygen atoms in total. The zero-order chi connectivity index (χ0) is 14.0. The molecule has 2 aromatic heterocycles. The molecule has 3 rings (SSSR count). The van der Waals surface area contributed by atoms with E-state index in [1.54, 1.807) is 23.3 Å². The monoisotopic (exact) mass is 291 g/mol. The van der Waals surface area contributed by atoms with Gasteiger partial charge in [-0.2, -0.15) is 26.7 Å². The fourth-order valence-corrected chi connectivity index (χ4v) is 3.13. The number of aromatic nitrogens is 5. The molecule has 1 aliphatic carbocycles. The number of hydrogen-bond acceptors (Lipinski definition) is 7. The topological polar surface area (TPSA) is 94.5 Å². The molecule has 3 N–H and O–H groups in total. The van der Waals surface area contributed by atoms with Crippen LogP contribution in [0.1, 0.15) is 19.3 Å². The second kappa shape index (κ2) is 5.28. The van der Waals surface area contributed by atoms with Crippen molar-refractivity contribution in [1.29, 1.82) is 0 Å². The first-order chi connectivity index (χ1) is 9.71. The molecule has 0 atom stereocenters. The summed E-state index contributed by atoms with van der Waals surface area (Å²) in [5, 5.41) is 3.28. The third-order valence-corrected chi connectivity index (χ3v) is 5.06. The Hall–Kier alpha value is -1.83. The molecule has 0 amide bonds. The lowest BCUT2D eigenvalue weighted by Crippen LogP contribution is -2.40. The Morgan fingerprint density at radius 1 is 1.40 bits per heavy atom. The fraction of sp³-hybridized carbons (Fsp3) is 0.500. The normalized spacial score (nSPS) is 16.6. The van der Waals surface area contributed by atoms with Gasteiger partial charge in [0, 0.05) is 23.7 Å². The van der Waals surface area contributed by atoms with Gasteiger partial charge in [-0.3, -0.25) is 4.57 Å². The third kappa shape index (κ3) is 2.55. The smallest absolute Gasteiger partial charge is 0.241 e. The van der Waals surface area contributed by atoms with Gasteiger partial charge < -0.3 is 11.1 Å². The molecule has 106 valence electrons. The van der Waals surface area contributed by atoms with Crippen LogP contribution in [0.25, 0.3) is 5.95 Å². The zero-order valence-corrected chi connectivity index (χ0v) is 12.1. The van der Waals surface area contributed by atoms with E-state index >= 15 is 0 Å². The summed E-state index contributed by atoms with van der Waals surface area (Å²) in [7, 11) is 0. The first-order valence-corrected chi connectivity index (χ1v) is 7.72. The van der Waals surface area contributed by atoms with Crippen molar-refractivity contribution in [2.45, 2.75) is 24.0 Å². The molecule has 1 saturated carbocycles. The van der Waals surface area contributed by atoms with Crippen LogP contribution in [0, 0.1) is 0 Å². The van der Waals surface area contributed by atoms with Crippen LogP contribution in [0.3, 0.4) is 0 Å². The number of imidazole rings is 1. The van der Waals surface area contributed by atoms with Crippen LogP contribution < -0.4 is 11.1 Å². The predicted octanol–water partition coefficient (Wildman–Crippen LogP) is 1.34. The van der Waals surface area contributed by atoms with Crippen molar-refractivity contribution in [2.24, 2.45) is 0 Å². The maximum absolute atomic E-state index is 5.74. The van der Waals surface area contributed by atoms with E-state index in [-0.39, 0.29) is 5.95 Å². The highest BCUT2D eigenvalue weighted by molar-refractivity contribution is 8.00. The summed E-state index contributed by atoms with van der Waals surface area (Å²) in [5.41, 5.74) is 5.74. The average Bonchev–Trinajstić information content (AvgIpc) is 2.91. The van der Waals surface area contributed by atoms with E-state index in [0.29, 0.717) is 16.6 Å². The van der Waals surface area contributed by atoms with Gasteiger partial charge in [-0.25, -0.2) is 4.98 Å². The summed E-state index contributed by atoms with van der Waals surface area (Å²) in [5.74, 6) is 1.20. The molecule has 0 unspecified atom stereocenters. The molecule has 1 fully saturated rings. The summed E-state index contributed by atoms with van der Waals surface area (Å²) in [6.45, 7) is 0.848. The van der Waals surface area contributed by atoms with Gasteiger partial charge in [0.15, 0.2) is 0 Å². The number of nitrogens with one attached hydrogen (secondary N) is 1. The van der Waals surface area contributed by atoms with E-state index in [4.69, 9.17) is 5.73 Å². The van der Waals surface area contributed by atoms with Crippen LogP contribution in [-0.2, 0) is 0 Å². The SMILES string of the molecule is CSC1(CNc2nc(N)nc(-n3ccnc3)n2)CCC1. The molecule has 8 heteroatoms. The van der Waals surface area contributed by atoms with Crippen LogP contribution in [0.4, 0.5) is 11.9 Å². The highest BCUT2D eigenvalue weighted by Crippen LogP contribution is 2.42. The standard InChI is InChI=1S/C12H17N7S/c1-20-12(3-2-4-12)7-15-10-16-9(13)17-11(18-10)19-6-5-14-8-19/h5-6,8H,2-4,7H2,1H3,(H3,13,15,16,17,18). The summed E-state index contributed by atoms with van der Waals surface area (Å²) in [6.07, 6.45) is 11.0. The van der Waals surface area contributed by atoms with Crippen molar-refractivity contribution < 1.29 is 0 Å². The number of nitrogen functional groups attached to an aromatic ring is 1. The van der Waals surface area contributed by atoms with Crippen molar-refractivity contribution in [3.8, 4) is 5.95 Å². The number of thioether (sulfide) groups is 1. The first-order valence-electron chi connectivity index (χ1n) is 6.50. The Bertz CT molecular complexity index is 574. The van der Waals surface area contributed by atoms with Crippen LogP contribution in [-0.4, -0.2) is 42.1 Å². The molecule has 2 aromatic rings. The molecular formula is C12H17N7S. The van der Waals surface area contributed by atoms with Crippen LogP contribution in [0.5, 0.6) is 0 Å². The van der Waals surface area contributed by atoms with Gasteiger partial charge in [-0.15, -0.1) is 0 Å². The van der Waals surface area contributed by atoms with Gasteiger partial charge >= 0.3 is 0 Å². The highest BCUT2D eigenvalue weighted by atomic mass is 32.2. The summed E-state index contributed by atoms with van der Waals surface area (Å²) in [6, 6.07) is 0. The molecule has 0 spiro atoms. The number of anilines is 2. The molecule has 0 bridgehead atoms. The van der Waals surface area contributed by atoms with Gasteiger partial charge in [0.25, 0.3) is 0 Å². The van der Waals surface area contributed by atoms with Crippen LogP contribution in [0.15, 0.2) is 18.7 Å². The second-order valence-electron chi connectivity index (χ2n) is 4.88. The third-order valence-electron chi connectivity index (χ3n) is 3.64. The Balaban J connectivity index is 1.76. The minimum atomic E-state index is 0.206. The molecule has 2 heterocycles. The van der Waals surface area contributed by atoms with E-state index in [1.165, 1.54) is 19.3 Å². The molecular weight excluding hydrogens is 274 g/mol. The zero-order valence-electron chi connectivity index (χ0n) is 11.3. The van der Waals surface area contributed by atoms with E-state index in [0.717, 1.165) is 6.54 Å². The average molecular weight is 291 g/mol. The minimum absolute atomic E-state index is 0.206. The Labute approximate surface area is 121 Å². The Morgan fingerprint density at radius 3 is 2.85 bits per heavy atom. The maximum atomic E-state index is 5.74. The lowest BCUT2D eigenvalue weighted by molar-refractivity contribution is 0.379. The van der Waals surface area contributed by atoms with E-state index in [9.17, 15) is 0 Å². The van der Waals surface area contributed by atoms with Crippen LogP contribution >= 0.6 is 11.8 Å². The molecule has 20 heavy (non-hydrogen) atoms. The van der Waals surface area contributed by atoms with Crippen molar-refractivity contribution in [3.05, 3.63) is 18.7 Å². The predicted molar refractivity (Wildman–Crippen MR) is 79.9 cm³/mol. The lowest BCUT2D eigenvalue weighted by atomic mass is 9.84. The Morgan fingerprint density at radius 2 is 2.25 bits per heavy atom. The number of rotatable bonds is 5. The number of nitrogens with zero attached hydrogens (tertiary/aromatic N) is 5. The second-order valence-corrected chi connectivity index (χ2v) is 6.16. The molecule has 0 radical (unpaired) electrons. The van der Waals surface area contributed by atoms with Crippen molar-refractivity contribution in [2.75, 3.05) is 23.9 Å². The van der Waals surface area contributed by atoms with Gasteiger partial charge in [-0.05, 0) is 19.1 Å². The van der Waals surface area contributed by atoms with Crippen molar-refractivity contribution >= 4 is 23.7 Å². The van der Waals surface area contributed by atoms with Gasteiger partial charge in [0.2, 0.25) is 17.8 Å². The minimum Gasteiger partial charge on any atom is -0.368 e. The molecule has 1 aliphatic rings. The van der Waals surface area contributed by atoms with Gasteiger partial charge in [-0.1, -0.05) is 6.42 Å². The fourth-order valence-electron chi connectivity index (χ4n) is 2.22. The van der Waals surface area contributed by atoms with E-state index in [1.807, 2.05) is 11.8 Å². The van der Waals surface area contributed by atoms with Crippen molar-refractivity contribution in [3.63, 3.8) is 0 Å². The Kier molecular flexibility index (Phi) is 3.47. The van der Waals surface area contributed by atoms with Crippen LogP contribution in [0.2, 0.25) is 0 Å². The summed E-state index contributed by atoms with van der Waals surface area (Å²) >= 11 is 1.90. The summed E-state index contributed by atoms with van der Waals surface area (Å²) < 4.78 is 2.02. The van der Waals surface area contributed by atoms with Gasteiger partial charge in [0.05, 0.1) is 0 Å². The molecule has 0 aromatic carbocycles. The molecule has 0 saturated heterocycles. The highest BCUT2D eigenvalue weighted by Gasteiger charge is 2.36. The summed E-state index contributed by atoms with van der Waals surface area (Å²) in [4.78, 5) is 16.6. The quantitative estimate of drug-likeness (QED) is 0.858. The first kappa shape index (κ1) is 13.2. The van der Waals surface area contributed by atoms with Gasteiger partial charge in [0.1, 0.15) is 6.33 Å². The maximum Gasteiger partial charge on any atom is 0.241 e. The largest absolute Gasteiger partial charge is 0.368 e. The molecule has 0 aliphatic heterocycles.